The van der Waals surface area contributed by atoms with Crippen LogP contribution in [0.25, 0.3) is 94.5 Å². The Balaban J connectivity index is 0.000000157. The van der Waals surface area contributed by atoms with Gasteiger partial charge in [-0.3, -0.25) is 0 Å². The van der Waals surface area contributed by atoms with E-state index >= 15 is 0 Å². The molecule has 0 radical (unpaired) electrons. The van der Waals surface area contributed by atoms with Crippen molar-refractivity contribution in [2.45, 2.75) is 13.1 Å². The predicted octanol–water partition coefficient (Wildman–Crippen LogP) is 16.1. The summed E-state index contributed by atoms with van der Waals surface area (Å²) >= 11 is 0. The third-order valence-corrected chi connectivity index (χ3v) is 13.9. The summed E-state index contributed by atoms with van der Waals surface area (Å²) in [6.45, 7) is 8.09. The standard InChI is InChI=1S/C34H28N6O2.C34H20N6O2/c35-19-21-1-9-25(10-2-21)41-27-13-15-29-31(17-27)39-33(37-29)23-5-7-24(8-6-23)34-38-30-16-14-28(18-32(30)40-34)42-26-11-3-22(20-36)4-12-26;1-36-24-8-12-26(13-9-24)42-28-15-17-30-32(19-28)40-34(38-30)23-6-4-22(5-7-23)33-37-29-16-14-27(18-31(29)39-33)41-25-10-2-21(20-35)3-11-25/h1-18H,19-20,35-36H2,(H,37,39)(H,38,40);2-19H,(H,37,39)(H,38,40). The molecule has 10 aromatic carbocycles. The molecule has 0 unspecified atom stereocenters. The van der Waals surface area contributed by atoms with Crippen LogP contribution in [0.15, 0.2) is 218 Å². The number of benzene rings is 10. The third kappa shape index (κ3) is 11.3. The molecule has 16 heteroatoms. The van der Waals surface area contributed by atoms with Crippen molar-refractivity contribution in [3.63, 3.8) is 0 Å². The summed E-state index contributed by atoms with van der Waals surface area (Å²) in [5, 5.41) is 8.98. The molecule has 0 saturated heterocycles. The Morgan fingerprint density at radius 1 is 0.357 bits per heavy atom. The highest BCUT2D eigenvalue weighted by Gasteiger charge is 2.14. The minimum atomic E-state index is 0.504. The van der Waals surface area contributed by atoms with Gasteiger partial charge in [-0.15, -0.1) is 0 Å². The molecule has 8 N–H and O–H groups in total. The van der Waals surface area contributed by atoms with Gasteiger partial charge in [0.05, 0.1) is 62.3 Å². The number of nitriles is 1. The molecule has 4 heterocycles. The molecule has 0 amide bonds. The molecule has 0 bridgehead atoms. The summed E-state index contributed by atoms with van der Waals surface area (Å²) in [5.41, 5.74) is 25.4. The number of imidazole rings is 4. The van der Waals surface area contributed by atoms with Crippen molar-refractivity contribution in [3.05, 3.63) is 246 Å². The Hall–Kier alpha value is -11.8. The van der Waals surface area contributed by atoms with Gasteiger partial charge in [0, 0.05) is 59.6 Å². The van der Waals surface area contributed by atoms with Crippen LogP contribution >= 0.6 is 0 Å². The van der Waals surface area contributed by atoms with Crippen molar-refractivity contribution in [1.82, 2.24) is 39.9 Å². The molecule has 0 saturated carbocycles. The van der Waals surface area contributed by atoms with Crippen molar-refractivity contribution < 1.29 is 18.9 Å². The Labute approximate surface area is 480 Å². The molecule has 0 aliphatic rings. The Kier molecular flexibility index (Phi) is 14.0. The fraction of sp³-hybridized carbons (Fsp3) is 0.0294. The fourth-order valence-corrected chi connectivity index (χ4v) is 9.43. The smallest absolute Gasteiger partial charge is 0.187 e. The van der Waals surface area contributed by atoms with Gasteiger partial charge < -0.3 is 50.4 Å². The summed E-state index contributed by atoms with van der Waals surface area (Å²) in [7, 11) is 0. The van der Waals surface area contributed by atoms with E-state index in [1.807, 2.05) is 170 Å². The topological polar surface area (TPSA) is 232 Å². The largest absolute Gasteiger partial charge is 0.457 e. The van der Waals surface area contributed by atoms with Gasteiger partial charge in [0.15, 0.2) is 5.69 Å². The molecule has 16 nitrogen and oxygen atoms in total. The molecule has 14 rings (SSSR count). The molecular formula is C68H48N12O4. The lowest BCUT2D eigenvalue weighted by Crippen LogP contribution is -1.95. The van der Waals surface area contributed by atoms with Crippen LogP contribution in [0.3, 0.4) is 0 Å². The van der Waals surface area contributed by atoms with Crippen molar-refractivity contribution in [2.24, 2.45) is 11.5 Å². The number of hydrogen-bond acceptors (Lipinski definition) is 11. The average molecular weight is 1100 g/mol. The zero-order valence-corrected chi connectivity index (χ0v) is 44.7. The summed E-state index contributed by atoms with van der Waals surface area (Å²) < 4.78 is 23.9. The highest BCUT2D eigenvalue weighted by molar-refractivity contribution is 5.85. The summed E-state index contributed by atoms with van der Waals surface area (Å²) in [6, 6.07) is 70.9. The molecule has 4 aromatic heterocycles. The Morgan fingerprint density at radius 2 is 0.619 bits per heavy atom. The maximum Gasteiger partial charge on any atom is 0.187 e. The van der Waals surface area contributed by atoms with E-state index in [4.69, 9.17) is 62.2 Å². The molecule has 0 aliphatic heterocycles. The van der Waals surface area contributed by atoms with Crippen LogP contribution in [0.4, 0.5) is 5.69 Å². The molecule has 0 aliphatic carbocycles. The van der Waals surface area contributed by atoms with Crippen LogP contribution in [-0.2, 0) is 13.1 Å². The van der Waals surface area contributed by atoms with E-state index in [0.29, 0.717) is 47.3 Å². The van der Waals surface area contributed by atoms with Crippen LogP contribution in [0.5, 0.6) is 46.0 Å². The molecule has 0 atom stereocenters. The third-order valence-electron chi connectivity index (χ3n) is 13.9. The Morgan fingerprint density at radius 3 is 0.881 bits per heavy atom. The lowest BCUT2D eigenvalue weighted by molar-refractivity contribution is 0.483. The second kappa shape index (κ2) is 22.7. The van der Waals surface area contributed by atoms with E-state index in [0.717, 1.165) is 124 Å². The van der Waals surface area contributed by atoms with E-state index in [1.165, 1.54) is 0 Å². The summed E-state index contributed by atoms with van der Waals surface area (Å²) in [6.07, 6.45) is 0. The number of nitrogens with one attached hydrogen (secondary N) is 4. The number of nitrogens with two attached hydrogens (primary N) is 2. The first kappa shape index (κ1) is 51.6. The average Bonchev–Trinajstić information content (AvgIpc) is 4.58. The zero-order valence-electron chi connectivity index (χ0n) is 44.7. The number of H-pyrrole nitrogens is 4. The van der Waals surface area contributed by atoms with E-state index in [9.17, 15) is 0 Å². The second-order valence-electron chi connectivity index (χ2n) is 19.6. The van der Waals surface area contributed by atoms with Gasteiger partial charge in [0.2, 0.25) is 0 Å². The number of aromatic nitrogens is 8. The molecule has 84 heavy (non-hydrogen) atoms. The normalized spacial score (nSPS) is 11.0. The van der Waals surface area contributed by atoms with Gasteiger partial charge in [-0.1, -0.05) is 84.9 Å². The van der Waals surface area contributed by atoms with E-state index in [2.05, 4.69) is 30.9 Å². The van der Waals surface area contributed by atoms with Crippen LogP contribution in [0, 0.1) is 17.9 Å². The Bertz CT molecular complexity index is 4440. The summed E-state index contributed by atoms with van der Waals surface area (Å²) in [5.74, 6) is 8.67. The highest BCUT2D eigenvalue weighted by atomic mass is 16.5. The lowest BCUT2D eigenvalue weighted by atomic mass is 10.1. The van der Waals surface area contributed by atoms with E-state index < -0.39 is 0 Å². The van der Waals surface area contributed by atoms with Crippen LogP contribution in [-0.4, -0.2) is 39.9 Å². The number of aromatic amines is 4. The second-order valence-corrected chi connectivity index (χ2v) is 19.6. The van der Waals surface area contributed by atoms with Gasteiger partial charge in [-0.05, 0) is 120 Å². The quantitative estimate of drug-likeness (QED) is 0.0561. The van der Waals surface area contributed by atoms with Crippen molar-refractivity contribution in [2.75, 3.05) is 0 Å². The van der Waals surface area contributed by atoms with E-state index in [-0.39, 0.29) is 0 Å². The fourth-order valence-electron chi connectivity index (χ4n) is 9.43. The minimum Gasteiger partial charge on any atom is -0.457 e. The number of ether oxygens (including phenoxy) is 4. The molecule has 404 valence electrons. The van der Waals surface area contributed by atoms with Gasteiger partial charge in [-0.2, -0.15) is 5.26 Å². The predicted molar refractivity (Wildman–Crippen MR) is 326 cm³/mol. The van der Waals surface area contributed by atoms with Crippen LogP contribution in [0.2, 0.25) is 0 Å². The molecule has 0 spiro atoms. The molecule has 14 aromatic rings. The molecular weight excluding hydrogens is 1050 g/mol. The maximum absolute atomic E-state index is 8.98. The van der Waals surface area contributed by atoms with Gasteiger partial charge >= 0.3 is 0 Å². The van der Waals surface area contributed by atoms with Crippen LogP contribution in [0.1, 0.15) is 16.7 Å². The first-order valence-corrected chi connectivity index (χ1v) is 26.7. The number of rotatable bonds is 14. The first-order chi connectivity index (χ1) is 41.3. The van der Waals surface area contributed by atoms with Gasteiger partial charge in [0.1, 0.15) is 69.3 Å². The number of hydrogen-bond donors (Lipinski definition) is 6. The highest BCUT2D eigenvalue weighted by Crippen LogP contribution is 2.34. The lowest BCUT2D eigenvalue weighted by Gasteiger charge is -2.06. The van der Waals surface area contributed by atoms with Crippen LogP contribution < -0.4 is 30.4 Å². The van der Waals surface area contributed by atoms with Crippen molar-refractivity contribution in [1.29, 1.82) is 5.26 Å². The minimum absolute atomic E-state index is 0.504. The van der Waals surface area contributed by atoms with Crippen molar-refractivity contribution >= 4 is 49.8 Å². The van der Waals surface area contributed by atoms with Gasteiger partial charge in [-0.25, -0.2) is 24.8 Å². The SMILES string of the molecule is NCc1ccc(Oc2ccc3[nH]c(-c4ccc(-c5nc6cc(Oc7ccc(CN)cc7)ccc6[nH]5)cc4)nc3c2)cc1.[C-]#[N+]c1ccc(Oc2ccc3[nH]c(-c4ccc(-c5nc6cc(Oc7ccc(C#N)cc7)ccc6[nH]5)cc4)nc3c2)cc1. The zero-order chi connectivity index (χ0) is 56.9. The maximum atomic E-state index is 8.98. The first-order valence-electron chi connectivity index (χ1n) is 26.7. The number of nitrogens with zero attached hydrogens (tertiary/aromatic N) is 6. The monoisotopic (exact) mass is 1100 g/mol. The van der Waals surface area contributed by atoms with E-state index in [1.54, 1.807) is 48.5 Å². The summed E-state index contributed by atoms with van der Waals surface area (Å²) in [4.78, 5) is 36.1. The van der Waals surface area contributed by atoms with Crippen molar-refractivity contribution in [3.8, 4) is 97.6 Å². The number of fused-ring (bicyclic) bond motifs is 4. The van der Waals surface area contributed by atoms with Gasteiger partial charge in [0.25, 0.3) is 0 Å². The molecule has 0 fully saturated rings.